The predicted octanol–water partition coefficient (Wildman–Crippen LogP) is 4.12. The number of hydrogen-bond donors (Lipinski definition) is 0. The second-order valence-electron chi connectivity index (χ2n) is 4.49. The lowest BCUT2D eigenvalue weighted by Gasteiger charge is -2.23. The first-order chi connectivity index (χ1) is 10.8. The van der Waals surface area contributed by atoms with Gasteiger partial charge in [-0.1, -0.05) is 35.3 Å². The number of sulfonamides is 1. The van der Waals surface area contributed by atoms with E-state index in [2.05, 4.69) is 0 Å². The zero-order chi connectivity index (χ0) is 17.2. The van der Waals surface area contributed by atoms with Crippen LogP contribution < -0.4 is 4.31 Å². The minimum Gasteiger partial charge on any atom is -0.266 e. The van der Waals surface area contributed by atoms with Crippen LogP contribution in [0.25, 0.3) is 0 Å². The number of halogens is 2. The first kappa shape index (κ1) is 17.5. The number of para-hydroxylation sites is 1. The van der Waals surface area contributed by atoms with E-state index in [0.29, 0.717) is 0 Å². The third-order valence-electron chi connectivity index (χ3n) is 3.11. The zero-order valence-corrected chi connectivity index (χ0v) is 14.3. The van der Waals surface area contributed by atoms with E-state index in [1.165, 1.54) is 36.4 Å². The van der Waals surface area contributed by atoms with Crippen molar-refractivity contribution in [3.8, 4) is 0 Å². The molecule has 23 heavy (non-hydrogen) atoms. The van der Waals surface area contributed by atoms with Gasteiger partial charge in [0.2, 0.25) is 0 Å². The number of rotatable bonds is 5. The van der Waals surface area contributed by atoms with Crippen molar-refractivity contribution in [1.82, 2.24) is 0 Å². The van der Waals surface area contributed by atoms with E-state index >= 15 is 0 Å². The van der Waals surface area contributed by atoms with Crippen molar-refractivity contribution >= 4 is 44.6 Å². The summed E-state index contributed by atoms with van der Waals surface area (Å²) in [6, 6.07) is 9.55. The maximum Gasteiger partial charge on any atom is 0.289 e. The van der Waals surface area contributed by atoms with Gasteiger partial charge in [-0.15, -0.1) is 0 Å². The summed E-state index contributed by atoms with van der Waals surface area (Å²) in [5.41, 5.74) is -0.203. The number of nitro groups is 1. The summed E-state index contributed by atoms with van der Waals surface area (Å²) in [4.78, 5) is 10.00. The van der Waals surface area contributed by atoms with Gasteiger partial charge in [0.25, 0.3) is 15.7 Å². The molecule has 0 atom stereocenters. The van der Waals surface area contributed by atoms with Crippen molar-refractivity contribution < 1.29 is 13.3 Å². The Bertz CT molecular complexity index is 856. The molecular weight excluding hydrogens is 363 g/mol. The van der Waals surface area contributed by atoms with Crippen LogP contribution >= 0.6 is 23.2 Å². The van der Waals surface area contributed by atoms with Crippen LogP contribution in [0.2, 0.25) is 10.0 Å². The molecule has 0 fully saturated rings. The number of nitrogens with zero attached hydrogens (tertiary/aromatic N) is 2. The molecule has 0 amide bonds. The lowest BCUT2D eigenvalue weighted by molar-refractivity contribution is -0.387. The molecule has 6 nitrogen and oxygen atoms in total. The molecule has 0 heterocycles. The highest BCUT2D eigenvalue weighted by Gasteiger charge is 2.31. The molecule has 2 rings (SSSR count). The summed E-state index contributed by atoms with van der Waals surface area (Å²) in [6.45, 7) is 1.70. The number of anilines is 1. The maximum atomic E-state index is 12.8. The fraction of sp³-hybridized carbons (Fsp3) is 0.143. The van der Waals surface area contributed by atoms with Gasteiger partial charge >= 0.3 is 0 Å². The van der Waals surface area contributed by atoms with Gasteiger partial charge < -0.3 is 0 Å². The standard InChI is InChI=1S/C14H12Cl2N2O4S/c1-2-17(10-7-8-11(15)12(16)9-10)23(21,22)14-6-4-3-5-13(14)18(19)20/h3-9H,2H2,1H3. The molecule has 0 aliphatic rings. The highest BCUT2D eigenvalue weighted by Crippen LogP contribution is 2.32. The van der Waals surface area contributed by atoms with Gasteiger partial charge in [0.15, 0.2) is 4.90 Å². The van der Waals surface area contributed by atoms with Crippen LogP contribution in [0.3, 0.4) is 0 Å². The first-order valence-corrected chi connectivity index (χ1v) is 8.70. The molecule has 0 saturated carbocycles. The second kappa shape index (κ2) is 6.74. The summed E-state index contributed by atoms with van der Waals surface area (Å²) >= 11 is 11.8. The van der Waals surface area contributed by atoms with Gasteiger partial charge in [0.1, 0.15) is 0 Å². The lowest BCUT2D eigenvalue weighted by atomic mass is 10.3. The van der Waals surface area contributed by atoms with Crippen molar-refractivity contribution in [3.63, 3.8) is 0 Å². The first-order valence-electron chi connectivity index (χ1n) is 6.50. The number of nitro benzene ring substituents is 1. The molecule has 0 saturated heterocycles. The highest BCUT2D eigenvalue weighted by molar-refractivity contribution is 7.93. The Morgan fingerprint density at radius 3 is 2.35 bits per heavy atom. The molecule has 0 aliphatic carbocycles. The van der Waals surface area contributed by atoms with Gasteiger partial charge in [0.05, 0.1) is 20.7 Å². The zero-order valence-electron chi connectivity index (χ0n) is 11.9. The molecule has 0 radical (unpaired) electrons. The summed E-state index contributed by atoms with van der Waals surface area (Å²) < 4.78 is 26.7. The Hall–Kier alpha value is -1.83. The van der Waals surface area contributed by atoms with E-state index in [4.69, 9.17) is 23.2 Å². The molecule has 0 spiro atoms. The van der Waals surface area contributed by atoms with Crippen LogP contribution in [0.5, 0.6) is 0 Å². The van der Waals surface area contributed by atoms with Crippen molar-refractivity contribution in [3.05, 3.63) is 62.6 Å². The maximum absolute atomic E-state index is 12.8. The molecule has 2 aromatic carbocycles. The molecule has 0 N–H and O–H groups in total. The average molecular weight is 375 g/mol. The van der Waals surface area contributed by atoms with Crippen LogP contribution in [0, 0.1) is 10.1 Å². The Labute approximate surface area is 143 Å². The molecular formula is C14H12Cl2N2O4S. The van der Waals surface area contributed by atoms with Crippen LogP contribution in [0.4, 0.5) is 11.4 Å². The number of benzene rings is 2. The molecule has 0 bridgehead atoms. The van der Waals surface area contributed by atoms with Crippen molar-refractivity contribution in [2.75, 3.05) is 10.8 Å². The summed E-state index contributed by atoms with van der Waals surface area (Å²) in [5.74, 6) is 0. The van der Waals surface area contributed by atoms with E-state index < -0.39 is 20.6 Å². The third-order valence-corrected chi connectivity index (χ3v) is 5.80. The van der Waals surface area contributed by atoms with Crippen molar-refractivity contribution in [2.24, 2.45) is 0 Å². The second-order valence-corrected chi connectivity index (χ2v) is 7.14. The fourth-order valence-corrected chi connectivity index (χ4v) is 3.99. The van der Waals surface area contributed by atoms with Gasteiger partial charge in [-0.2, -0.15) is 0 Å². The molecule has 9 heteroatoms. The molecule has 122 valence electrons. The van der Waals surface area contributed by atoms with Crippen molar-refractivity contribution in [2.45, 2.75) is 11.8 Å². The van der Waals surface area contributed by atoms with E-state index in [-0.39, 0.29) is 27.2 Å². The SMILES string of the molecule is CCN(c1ccc(Cl)c(Cl)c1)S(=O)(=O)c1ccccc1[N+](=O)[O-]. The highest BCUT2D eigenvalue weighted by atomic mass is 35.5. The Morgan fingerprint density at radius 1 is 1.13 bits per heavy atom. The molecule has 0 aliphatic heterocycles. The quantitative estimate of drug-likeness (QED) is 0.582. The monoisotopic (exact) mass is 374 g/mol. The minimum atomic E-state index is -4.12. The Morgan fingerprint density at radius 2 is 1.78 bits per heavy atom. The Kier molecular flexibility index (Phi) is 5.13. The average Bonchev–Trinajstić information content (AvgIpc) is 2.51. The van der Waals surface area contributed by atoms with Crippen LogP contribution in [0.15, 0.2) is 47.4 Å². The van der Waals surface area contributed by atoms with E-state index in [1.807, 2.05) is 0 Å². The van der Waals surface area contributed by atoms with Gasteiger partial charge in [-0.05, 0) is 31.2 Å². The number of hydrogen-bond acceptors (Lipinski definition) is 4. The molecule has 0 unspecified atom stereocenters. The van der Waals surface area contributed by atoms with E-state index in [9.17, 15) is 18.5 Å². The van der Waals surface area contributed by atoms with E-state index in [1.54, 1.807) is 6.92 Å². The summed E-state index contributed by atoms with van der Waals surface area (Å²) in [7, 11) is -4.12. The summed E-state index contributed by atoms with van der Waals surface area (Å²) in [6.07, 6.45) is 0. The fourth-order valence-electron chi connectivity index (χ4n) is 2.08. The lowest BCUT2D eigenvalue weighted by Crippen LogP contribution is -2.31. The smallest absolute Gasteiger partial charge is 0.266 e. The van der Waals surface area contributed by atoms with Gasteiger partial charge in [-0.3, -0.25) is 14.4 Å². The van der Waals surface area contributed by atoms with E-state index in [0.717, 1.165) is 10.4 Å². The van der Waals surface area contributed by atoms with Crippen LogP contribution in [-0.4, -0.2) is 19.9 Å². The minimum absolute atomic E-state index is 0.0757. The van der Waals surface area contributed by atoms with Crippen molar-refractivity contribution in [1.29, 1.82) is 0 Å². The predicted molar refractivity (Wildman–Crippen MR) is 89.8 cm³/mol. The third kappa shape index (κ3) is 3.41. The van der Waals surface area contributed by atoms with Crippen LogP contribution in [0.1, 0.15) is 6.92 Å². The largest absolute Gasteiger partial charge is 0.289 e. The molecule has 2 aromatic rings. The Balaban J connectivity index is 2.60. The normalized spacial score (nSPS) is 11.3. The molecule has 0 aromatic heterocycles. The topological polar surface area (TPSA) is 80.5 Å². The van der Waals surface area contributed by atoms with Crippen LogP contribution in [-0.2, 0) is 10.0 Å². The summed E-state index contributed by atoms with van der Waals surface area (Å²) in [5, 5.41) is 11.6. The van der Waals surface area contributed by atoms with Gasteiger partial charge in [-0.25, -0.2) is 8.42 Å². The van der Waals surface area contributed by atoms with Gasteiger partial charge in [0, 0.05) is 12.6 Å².